The minimum absolute atomic E-state index is 0.0138. The largest absolute Gasteiger partial charge is 0.392 e. The lowest BCUT2D eigenvalue weighted by atomic mass is 10.1. The maximum absolute atomic E-state index is 11.7. The molecule has 0 aliphatic carbocycles. The molecule has 0 aromatic heterocycles. The Kier molecular flexibility index (Phi) is 5.77. The van der Waals surface area contributed by atoms with Crippen LogP contribution in [-0.4, -0.2) is 11.0 Å². The van der Waals surface area contributed by atoms with Gasteiger partial charge in [-0.2, -0.15) is 0 Å². The molecular formula is C19H24N2O2. The fourth-order valence-electron chi connectivity index (χ4n) is 2.23. The lowest BCUT2D eigenvalue weighted by molar-refractivity contribution is -0.118. The Labute approximate surface area is 137 Å². The van der Waals surface area contributed by atoms with Gasteiger partial charge in [0.2, 0.25) is 5.91 Å². The number of aliphatic hydroxyl groups excluding tert-OH is 1. The van der Waals surface area contributed by atoms with Crippen molar-refractivity contribution in [2.75, 3.05) is 10.6 Å². The number of hydrogen-bond acceptors (Lipinski definition) is 3. The summed E-state index contributed by atoms with van der Waals surface area (Å²) in [6, 6.07) is 15.7. The van der Waals surface area contributed by atoms with E-state index in [1.54, 1.807) is 0 Å². The standard InChI is InChI=1S/C19H24N2O2/c1-13(2)19(23)21-18-9-7-17(8-10-18)20-14(3)16-6-4-5-15(11-16)12-22/h4-11,13-14,20,22H,12H2,1-3H3,(H,21,23). The third-order valence-electron chi connectivity index (χ3n) is 3.69. The van der Waals surface area contributed by atoms with E-state index in [4.69, 9.17) is 0 Å². The van der Waals surface area contributed by atoms with Crippen LogP contribution in [0, 0.1) is 5.92 Å². The van der Waals surface area contributed by atoms with E-state index in [0.717, 1.165) is 22.5 Å². The van der Waals surface area contributed by atoms with Gasteiger partial charge in [-0.25, -0.2) is 0 Å². The highest BCUT2D eigenvalue weighted by molar-refractivity contribution is 5.92. The van der Waals surface area contributed by atoms with Crippen LogP contribution in [0.5, 0.6) is 0 Å². The summed E-state index contributed by atoms with van der Waals surface area (Å²) < 4.78 is 0. The first-order chi connectivity index (χ1) is 11.0. The minimum atomic E-state index is -0.0355. The average molecular weight is 312 g/mol. The second kappa shape index (κ2) is 7.79. The number of carbonyl (C=O) groups excluding carboxylic acids is 1. The van der Waals surface area contributed by atoms with Crippen LogP contribution in [0.25, 0.3) is 0 Å². The van der Waals surface area contributed by atoms with Gasteiger partial charge < -0.3 is 15.7 Å². The van der Waals surface area contributed by atoms with Crippen molar-refractivity contribution < 1.29 is 9.90 Å². The fourth-order valence-corrected chi connectivity index (χ4v) is 2.23. The number of aliphatic hydroxyl groups is 1. The molecule has 2 rings (SSSR count). The summed E-state index contributed by atoms with van der Waals surface area (Å²) in [6.45, 7) is 5.86. The molecule has 2 aromatic rings. The second-order valence-electron chi connectivity index (χ2n) is 5.99. The number of amides is 1. The molecule has 0 heterocycles. The highest BCUT2D eigenvalue weighted by Crippen LogP contribution is 2.22. The zero-order chi connectivity index (χ0) is 16.8. The second-order valence-corrected chi connectivity index (χ2v) is 5.99. The number of benzene rings is 2. The van der Waals surface area contributed by atoms with E-state index in [0.29, 0.717) is 0 Å². The summed E-state index contributed by atoms with van der Waals surface area (Å²) >= 11 is 0. The van der Waals surface area contributed by atoms with Crippen molar-refractivity contribution in [3.05, 3.63) is 59.7 Å². The fraction of sp³-hybridized carbons (Fsp3) is 0.316. The maximum Gasteiger partial charge on any atom is 0.226 e. The van der Waals surface area contributed by atoms with Gasteiger partial charge >= 0.3 is 0 Å². The van der Waals surface area contributed by atoms with Crippen molar-refractivity contribution in [1.29, 1.82) is 0 Å². The lowest BCUT2D eigenvalue weighted by Gasteiger charge is -2.17. The molecule has 1 amide bonds. The van der Waals surface area contributed by atoms with Gasteiger partial charge in [0.15, 0.2) is 0 Å². The third-order valence-corrected chi connectivity index (χ3v) is 3.69. The Bertz CT molecular complexity index is 651. The molecule has 4 nitrogen and oxygen atoms in total. The smallest absolute Gasteiger partial charge is 0.226 e. The topological polar surface area (TPSA) is 61.4 Å². The van der Waals surface area contributed by atoms with Crippen LogP contribution < -0.4 is 10.6 Å². The minimum Gasteiger partial charge on any atom is -0.392 e. The molecule has 0 aliphatic rings. The Balaban J connectivity index is 2.01. The lowest BCUT2D eigenvalue weighted by Crippen LogP contribution is -2.17. The molecule has 0 saturated carbocycles. The van der Waals surface area contributed by atoms with E-state index in [2.05, 4.69) is 17.6 Å². The molecular weight excluding hydrogens is 288 g/mol. The first-order valence-electron chi connectivity index (χ1n) is 7.86. The Hall–Kier alpha value is -2.33. The first-order valence-corrected chi connectivity index (χ1v) is 7.86. The van der Waals surface area contributed by atoms with Crippen LogP contribution in [0.4, 0.5) is 11.4 Å². The number of carbonyl (C=O) groups is 1. The molecule has 0 bridgehead atoms. The first kappa shape index (κ1) is 17.0. The van der Waals surface area contributed by atoms with E-state index in [-0.39, 0.29) is 24.5 Å². The van der Waals surface area contributed by atoms with Gasteiger partial charge in [0.1, 0.15) is 0 Å². The monoisotopic (exact) mass is 312 g/mol. The van der Waals surface area contributed by atoms with Crippen LogP contribution in [0.2, 0.25) is 0 Å². The van der Waals surface area contributed by atoms with Crippen molar-refractivity contribution in [1.82, 2.24) is 0 Å². The van der Waals surface area contributed by atoms with Crippen LogP contribution in [0.15, 0.2) is 48.5 Å². The van der Waals surface area contributed by atoms with Crippen molar-refractivity contribution in [2.24, 2.45) is 5.92 Å². The molecule has 23 heavy (non-hydrogen) atoms. The normalized spacial score (nSPS) is 12.0. The number of anilines is 2. The van der Waals surface area contributed by atoms with Gasteiger partial charge in [0, 0.05) is 23.3 Å². The van der Waals surface area contributed by atoms with Crippen molar-refractivity contribution in [3.63, 3.8) is 0 Å². The average Bonchev–Trinajstić information content (AvgIpc) is 2.56. The van der Waals surface area contributed by atoms with E-state index >= 15 is 0 Å². The summed E-state index contributed by atoms with van der Waals surface area (Å²) in [5.74, 6) is -0.0217. The summed E-state index contributed by atoms with van der Waals surface area (Å²) in [5.41, 5.74) is 3.80. The molecule has 0 aliphatic heterocycles. The zero-order valence-electron chi connectivity index (χ0n) is 13.8. The quantitative estimate of drug-likeness (QED) is 0.757. The zero-order valence-corrected chi connectivity index (χ0v) is 13.8. The molecule has 0 radical (unpaired) electrons. The maximum atomic E-state index is 11.7. The summed E-state index contributed by atoms with van der Waals surface area (Å²) in [5, 5.41) is 15.5. The molecule has 4 heteroatoms. The van der Waals surface area contributed by atoms with Gasteiger partial charge in [-0.15, -0.1) is 0 Å². The predicted octanol–water partition coefficient (Wildman–Crippen LogP) is 3.95. The molecule has 1 unspecified atom stereocenters. The Morgan fingerprint density at radius 3 is 2.30 bits per heavy atom. The molecule has 0 spiro atoms. The molecule has 122 valence electrons. The Morgan fingerprint density at radius 1 is 1.04 bits per heavy atom. The van der Waals surface area contributed by atoms with Gasteiger partial charge in [-0.05, 0) is 42.3 Å². The van der Waals surface area contributed by atoms with Crippen LogP contribution in [0.3, 0.4) is 0 Å². The highest BCUT2D eigenvalue weighted by atomic mass is 16.3. The van der Waals surface area contributed by atoms with Crippen LogP contribution >= 0.6 is 0 Å². The van der Waals surface area contributed by atoms with E-state index < -0.39 is 0 Å². The van der Waals surface area contributed by atoms with Gasteiger partial charge in [0.05, 0.1) is 6.61 Å². The highest BCUT2D eigenvalue weighted by Gasteiger charge is 2.08. The predicted molar refractivity (Wildman–Crippen MR) is 94.3 cm³/mol. The van der Waals surface area contributed by atoms with Crippen LogP contribution in [-0.2, 0) is 11.4 Å². The van der Waals surface area contributed by atoms with Gasteiger partial charge in [0.25, 0.3) is 0 Å². The molecule has 0 saturated heterocycles. The molecule has 0 fully saturated rings. The molecule has 1 atom stereocenters. The molecule has 2 aromatic carbocycles. The number of hydrogen-bond donors (Lipinski definition) is 3. The van der Waals surface area contributed by atoms with Gasteiger partial charge in [-0.1, -0.05) is 38.1 Å². The van der Waals surface area contributed by atoms with E-state index in [9.17, 15) is 9.90 Å². The van der Waals surface area contributed by atoms with Crippen molar-refractivity contribution in [3.8, 4) is 0 Å². The Morgan fingerprint density at radius 2 is 1.70 bits per heavy atom. The van der Waals surface area contributed by atoms with Crippen molar-refractivity contribution >= 4 is 17.3 Å². The van der Waals surface area contributed by atoms with E-state index in [1.807, 2.05) is 62.4 Å². The number of nitrogens with one attached hydrogen (secondary N) is 2. The molecule has 3 N–H and O–H groups in total. The SMILES string of the molecule is CC(C)C(=O)Nc1ccc(NC(C)c2cccc(CO)c2)cc1. The van der Waals surface area contributed by atoms with Gasteiger partial charge in [-0.3, -0.25) is 4.79 Å². The summed E-state index contributed by atoms with van der Waals surface area (Å²) in [7, 11) is 0. The third kappa shape index (κ3) is 4.83. The number of rotatable bonds is 6. The summed E-state index contributed by atoms with van der Waals surface area (Å²) in [4.78, 5) is 11.7. The van der Waals surface area contributed by atoms with Crippen LogP contribution in [0.1, 0.15) is 37.9 Å². The summed E-state index contributed by atoms with van der Waals surface area (Å²) in [6.07, 6.45) is 0. The van der Waals surface area contributed by atoms with Crippen molar-refractivity contribution in [2.45, 2.75) is 33.4 Å². The van der Waals surface area contributed by atoms with E-state index in [1.165, 1.54) is 0 Å².